The first-order valence-electron chi connectivity index (χ1n) is 7.04. The number of amides is 2. The predicted octanol–water partition coefficient (Wildman–Crippen LogP) is 2.53. The van der Waals surface area contributed by atoms with Crippen molar-refractivity contribution in [1.82, 2.24) is 10.2 Å². The van der Waals surface area contributed by atoms with E-state index in [0.717, 1.165) is 0 Å². The Morgan fingerprint density at radius 2 is 1.95 bits per heavy atom. The van der Waals surface area contributed by atoms with Crippen molar-refractivity contribution < 1.29 is 9.59 Å². The maximum atomic E-state index is 12.6. The molecule has 0 spiro atoms. The summed E-state index contributed by atoms with van der Waals surface area (Å²) < 4.78 is 0. The Morgan fingerprint density at radius 1 is 1.35 bits per heavy atom. The van der Waals surface area contributed by atoms with E-state index in [-0.39, 0.29) is 17.2 Å². The first kappa shape index (κ1) is 17.0. The molecule has 0 aromatic heterocycles. The van der Waals surface area contributed by atoms with Gasteiger partial charge in [-0.2, -0.15) is 0 Å². The molecule has 1 heterocycles. The number of carbonyl (C=O) groups is 2. The molecule has 1 saturated heterocycles. The van der Waals surface area contributed by atoms with Crippen LogP contribution < -0.4 is 5.32 Å². The molecule has 1 aliphatic rings. The third kappa shape index (κ3) is 3.98. The lowest BCUT2D eigenvalue weighted by Crippen LogP contribution is -2.66. The molecule has 1 aliphatic heterocycles. The molecule has 1 N–H and O–H groups in total. The Kier molecular flexibility index (Phi) is 5.63. The van der Waals surface area contributed by atoms with E-state index < -0.39 is 12.1 Å². The number of hydrogen-bond donors (Lipinski definition) is 1. The minimum atomic E-state index is -0.484. The fourth-order valence-corrected chi connectivity index (χ4v) is 2.48. The molecular formula is C15H25ClN2O2. The highest BCUT2D eigenvalue weighted by Crippen LogP contribution is 2.27. The minimum absolute atomic E-state index is 0.0301. The van der Waals surface area contributed by atoms with Crippen molar-refractivity contribution in [2.75, 3.05) is 6.54 Å². The number of rotatable bonds is 4. The van der Waals surface area contributed by atoms with Crippen molar-refractivity contribution in [2.24, 2.45) is 11.3 Å². The third-order valence-corrected chi connectivity index (χ3v) is 3.63. The number of nitrogens with one attached hydrogen (secondary N) is 1. The van der Waals surface area contributed by atoms with Crippen molar-refractivity contribution in [3.8, 4) is 0 Å². The standard InChI is InChI=1S/C15H25ClN2O2/c1-10(2)9-11-13(19)17-12(15(3,4)5)14(20)18(11)8-6-7-16/h6-7,10-12H,8-9H2,1-5H3,(H,17,19)/b7-6+. The normalized spacial score (nSPS) is 24.6. The molecule has 4 nitrogen and oxygen atoms in total. The zero-order valence-electron chi connectivity index (χ0n) is 12.9. The van der Waals surface area contributed by atoms with Gasteiger partial charge in [-0.15, -0.1) is 0 Å². The number of hydrogen-bond acceptors (Lipinski definition) is 2. The SMILES string of the molecule is CC(C)CC1C(=O)NC(C(C)(C)C)C(=O)N1C/C=C/Cl. The Bertz CT molecular complexity index is 399. The van der Waals surface area contributed by atoms with Crippen LogP contribution in [0.2, 0.25) is 0 Å². The first-order valence-corrected chi connectivity index (χ1v) is 7.48. The van der Waals surface area contributed by atoms with Gasteiger partial charge in [0.1, 0.15) is 12.1 Å². The van der Waals surface area contributed by atoms with E-state index in [1.165, 1.54) is 5.54 Å². The predicted molar refractivity (Wildman–Crippen MR) is 81.3 cm³/mol. The molecule has 0 saturated carbocycles. The Morgan fingerprint density at radius 3 is 2.40 bits per heavy atom. The Labute approximate surface area is 126 Å². The second-order valence-corrected chi connectivity index (χ2v) is 7.06. The van der Waals surface area contributed by atoms with Gasteiger partial charge in [0.25, 0.3) is 0 Å². The summed E-state index contributed by atoms with van der Waals surface area (Å²) in [6.45, 7) is 10.3. The number of halogens is 1. The largest absolute Gasteiger partial charge is 0.342 e. The summed E-state index contributed by atoms with van der Waals surface area (Å²) >= 11 is 5.57. The lowest BCUT2D eigenvalue weighted by atomic mass is 9.83. The van der Waals surface area contributed by atoms with Gasteiger partial charge < -0.3 is 10.2 Å². The van der Waals surface area contributed by atoms with Gasteiger partial charge in [-0.25, -0.2) is 0 Å². The summed E-state index contributed by atoms with van der Waals surface area (Å²) in [7, 11) is 0. The fourth-order valence-electron chi connectivity index (χ4n) is 2.40. The molecule has 0 aromatic rings. The zero-order valence-corrected chi connectivity index (χ0v) is 13.7. The van der Waals surface area contributed by atoms with Crippen LogP contribution in [0.15, 0.2) is 11.6 Å². The van der Waals surface area contributed by atoms with Crippen molar-refractivity contribution >= 4 is 23.4 Å². The number of nitrogens with zero attached hydrogens (tertiary/aromatic N) is 1. The third-order valence-electron chi connectivity index (χ3n) is 3.45. The second-order valence-electron chi connectivity index (χ2n) is 6.81. The van der Waals surface area contributed by atoms with E-state index >= 15 is 0 Å². The lowest BCUT2D eigenvalue weighted by molar-refractivity contribution is -0.152. The van der Waals surface area contributed by atoms with Crippen LogP contribution in [-0.2, 0) is 9.59 Å². The van der Waals surface area contributed by atoms with Gasteiger partial charge in [0.05, 0.1) is 0 Å². The molecule has 2 amide bonds. The Hall–Kier alpha value is -1.03. The van der Waals surface area contributed by atoms with Crippen molar-refractivity contribution in [3.63, 3.8) is 0 Å². The fraction of sp³-hybridized carbons (Fsp3) is 0.733. The maximum Gasteiger partial charge on any atom is 0.246 e. The summed E-state index contributed by atoms with van der Waals surface area (Å²) in [6.07, 6.45) is 2.36. The van der Waals surface area contributed by atoms with Gasteiger partial charge in [0.2, 0.25) is 11.8 Å². The molecular weight excluding hydrogens is 276 g/mol. The molecule has 0 aromatic carbocycles. The van der Waals surface area contributed by atoms with Crippen molar-refractivity contribution in [2.45, 2.75) is 53.1 Å². The van der Waals surface area contributed by atoms with Gasteiger partial charge in [-0.05, 0) is 17.8 Å². The minimum Gasteiger partial charge on any atom is -0.342 e. The lowest BCUT2D eigenvalue weighted by Gasteiger charge is -2.43. The highest BCUT2D eigenvalue weighted by atomic mass is 35.5. The van der Waals surface area contributed by atoms with Crippen molar-refractivity contribution in [3.05, 3.63) is 11.6 Å². The number of carbonyl (C=O) groups excluding carboxylic acids is 2. The highest BCUT2D eigenvalue weighted by molar-refractivity contribution is 6.25. The van der Waals surface area contributed by atoms with Crippen LogP contribution in [0.5, 0.6) is 0 Å². The quantitative estimate of drug-likeness (QED) is 0.867. The van der Waals surface area contributed by atoms with Gasteiger partial charge in [-0.1, -0.05) is 52.3 Å². The molecule has 2 atom stereocenters. The van der Waals surface area contributed by atoms with Crippen LogP contribution in [0.1, 0.15) is 41.0 Å². The molecule has 1 rings (SSSR count). The monoisotopic (exact) mass is 300 g/mol. The smallest absolute Gasteiger partial charge is 0.246 e. The second kappa shape index (κ2) is 6.61. The summed E-state index contributed by atoms with van der Waals surface area (Å²) in [5, 5.41) is 2.88. The maximum absolute atomic E-state index is 12.6. The molecule has 5 heteroatoms. The topological polar surface area (TPSA) is 49.4 Å². The Balaban J connectivity index is 3.04. The average molecular weight is 301 g/mol. The molecule has 0 bridgehead atoms. The van der Waals surface area contributed by atoms with Gasteiger partial charge in [-0.3, -0.25) is 9.59 Å². The van der Waals surface area contributed by atoms with Crippen LogP contribution in [0.4, 0.5) is 0 Å². The average Bonchev–Trinajstić information content (AvgIpc) is 2.31. The van der Waals surface area contributed by atoms with E-state index in [0.29, 0.717) is 18.9 Å². The van der Waals surface area contributed by atoms with Crippen molar-refractivity contribution in [1.29, 1.82) is 0 Å². The highest BCUT2D eigenvalue weighted by Gasteiger charge is 2.44. The molecule has 2 unspecified atom stereocenters. The molecule has 20 heavy (non-hydrogen) atoms. The molecule has 0 aliphatic carbocycles. The van der Waals surface area contributed by atoms with E-state index in [1.807, 2.05) is 34.6 Å². The first-order chi connectivity index (χ1) is 9.18. The molecule has 114 valence electrons. The van der Waals surface area contributed by atoms with Crippen LogP contribution in [-0.4, -0.2) is 35.3 Å². The summed E-state index contributed by atoms with van der Waals surface area (Å²) in [6, 6.07) is -0.892. The van der Waals surface area contributed by atoms with E-state index in [9.17, 15) is 9.59 Å². The van der Waals surface area contributed by atoms with Crippen LogP contribution in [0, 0.1) is 11.3 Å². The number of piperazine rings is 1. The zero-order chi connectivity index (χ0) is 15.5. The van der Waals surface area contributed by atoms with Gasteiger partial charge >= 0.3 is 0 Å². The van der Waals surface area contributed by atoms with Crippen LogP contribution in [0.3, 0.4) is 0 Å². The molecule has 1 fully saturated rings. The van der Waals surface area contributed by atoms with Gasteiger partial charge in [0.15, 0.2) is 0 Å². The van der Waals surface area contributed by atoms with E-state index in [2.05, 4.69) is 5.32 Å². The van der Waals surface area contributed by atoms with E-state index in [1.54, 1.807) is 11.0 Å². The summed E-state index contributed by atoms with van der Waals surface area (Å²) in [4.78, 5) is 26.6. The summed E-state index contributed by atoms with van der Waals surface area (Å²) in [5.41, 5.74) is 1.08. The summed E-state index contributed by atoms with van der Waals surface area (Å²) in [5.74, 6) is 0.242. The van der Waals surface area contributed by atoms with Gasteiger partial charge in [0, 0.05) is 12.1 Å². The van der Waals surface area contributed by atoms with Crippen LogP contribution in [0.25, 0.3) is 0 Å². The van der Waals surface area contributed by atoms with E-state index in [4.69, 9.17) is 11.6 Å². The van der Waals surface area contributed by atoms with Crippen LogP contribution >= 0.6 is 11.6 Å². The molecule has 0 radical (unpaired) electrons.